The van der Waals surface area contributed by atoms with Gasteiger partial charge in [0.2, 0.25) is 0 Å². The van der Waals surface area contributed by atoms with Crippen molar-refractivity contribution < 1.29 is 9.53 Å². The first-order chi connectivity index (χ1) is 14.2. The molecule has 0 spiro atoms. The number of amides is 1. The van der Waals surface area contributed by atoms with Crippen LogP contribution in [0.2, 0.25) is 0 Å². The molecule has 0 aliphatic carbocycles. The largest absolute Gasteiger partial charge is 0.497 e. The highest BCUT2D eigenvalue weighted by Crippen LogP contribution is 2.29. The summed E-state index contributed by atoms with van der Waals surface area (Å²) in [5.41, 5.74) is 3.36. The molecule has 148 valence electrons. The van der Waals surface area contributed by atoms with Gasteiger partial charge in [-0.05, 0) is 42.8 Å². The van der Waals surface area contributed by atoms with Crippen molar-refractivity contribution in [3.05, 3.63) is 54.1 Å². The molecule has 29 heavy (non-hydrogen) atoms. The summed E-state index contributed by atoms with van der Waals surface area (Å²) in [7, 11) is 1.64. The van der Waals surface area contributed by atoms with Gasteiger partial charge in [0.25, 0.3) is 5.91 Å². The molecule has 7 heteroatoms. The third-order valence-corrected chi connectivity index (χ3v) is 5.71. The Hall–Kier alpha value is -3.35. The second-order valence-corrected chi connectivity index (χ2v) is 7.43. The van der Waals surface area contributed by atoms with Gasteiger partial charge in [-0.2, -0.15) is 0 Å². The first-order valence-corrected chi connectivity index (χ1v) is 9.95. The van der Waals surface area contributed by atoms with E-state index in [1.807, 2.05) is 41.3 Å². The minimum absolute atomic E-state index is 0.0260. The zero-order chi connectivity index (χ0) is 20.0. The van der Waals surface area contributed by atoms with Crippen LogP contribution in [0.25, 0.3) is 22.1 Å². The molecule has 5 rings (SSSR count). The van der Waals surface area contributed by atoms with Crippen LogP contribution < -0.4 is 4.74 Å². The lowest BCUT2D eigenvalue weighted by molar-refractivity contribution is 0.0783. The van der Waals surface area contributed by atoms with Gasteiger partial charge < -0.3 is 19.2 Å². The van der Waals surface area contributed by atoms with Gasteiger partial charge >= 0.3 is 0 Å². The highest BCUT2D eigenvalue weighted by molar-refractivity contribution is 5.98. The number of H-pyrrole nitrogens is 1. The fraction of sp³-hybridized carbons (Fsp3) is 0.318. The summed E-state index contributed by atoms with van der Waals surface area (Å²) in [6.45, 7) is 3.48. The van der Waals surface area contributed by atoms with Gasteiger partial charge in [-0.15, -0.1) is 0 Å². The molecule has 1 aliphatic rings. The minimum Gasteiger partial charge on any atom is -0.497 e. The predicted molar refractivity (Wildman–Crippen MR) is 111 cm³/mol. The highest BCUT2D eigenvalue weighted by Gasteiger charge is 2.31. The molecule has 3 aromatic heterocycles. The van der Waals surface area contributed by atoms with Gasteiger partial charge in [0.15, 0.2) is 5.65 Å². The molecule has 1 saturated heterocycles. The van der Waals surface area contributed by atoms with E-state index >= 15 is 0 Å². The number of benzene rings is 1. The van der Waals surface area contributed by atoms with Crippen LogP contribution in [0.3, 0.4) is 0 Å². The van der Waals surface area contributed by atoms with Crippen molar-refractivity contribution in [3.63, 3.8) is 0 Å². The second kappa shape index (κ2) is 6.92. The fourth-order valence-corrected chi connectivity index (χ4v) is 4.27. The molecule has 4 aromatic rings. The number of nitrogens with zero attached hydrogens (tertiary/aromatic N) is 4. The Kier molecular flexibility index (Phi) is 4.23. The van der Waals surface area contributed by atoms with Crippen molar-refractivity contribution in [1.29, 1.82) is 0 Å². The van der Waals surface area contributed by atoms with E-state index in [2.05, 4.69) is 21.5 Å². The monoisotopic (exact) mass is 389 g/mol. The van der Waals surface area contributed by atoms with Crippen molar-refractivity contribution in [2.75, 3.05) is 20.2 Å². The molecule has 0 radical (unpaired) electrons. The van der Waals surface area contributed by atoms with Crippen LogP contribution in [-0.2, 0) is 6.42 Å². The number of hydrogen-bond donors (Lipinski definition) is 1. The lowest BCUT2D eigenvalue weighted by atomic mass is 10.2. The van der Waals surface area contributed by atoms with Crippen LogP contribution in [0.5, 0.6) is 5.75 Å². The van der Waals surface area contributed by atoms with Crippen molar-refractivity contribution in [3.8, 4) is 5.75 Å². The number of carbonyl (C=O) groups excluding carboxylic acids is 1. The van der Waals surface area contributed by atoms with Crippen molar-refractivity contribution in [2.24, 2.45) is 0 Å². The highest BCUT2D eigenvalue weighted by atomic mass is 16.5. The number of aromatic amines is 1. The molecule has 0 bridgehead atoms. The maximum absolute atomic E-state index is 13.1. The molecule has 0 saturated carbocycles. The van der Waals surface area contributed by atoms with Crippen LogP contribution >= 0.6 is 0 Å². The van der Waals surface area contributed by atoms with Crippen molar-refractivity contribution in [1.82, 2.24) is 24.4 Å². The Morgan fingerprint density at radius 1 is 1.31 bits per heavy atom. The number of methoxy groups -OCH3 is 1. The Balaban J connectivity index is 1.42. The molecule has 1 N–H and O–H groups in total. The van der Waals surface area contributed by atoms with E-state index in [0.717, 1.165) is 53.0 Å². The maximum atomic E-state index is 13.1. The van der Waals surface area contributed by atoms with Gasteiger partial charge in [0.1, 0.15) is 22.8 Å². The number of ether oxygens (including phenoxy) is 1. The van der Waals surface area contributed by atoms with Crippen LogP contribution in [0, 0.1) is 0 Å². The molecule has 1 aliphatic heterocycles. The topological polar surface area (TPSA) is 76.0 Å². The number of likely N-dealkylation sites (tertiary alicyclic amines) is 1. The summed E-state index contributed by atoms with van der Waals surface area (Å²) in [5, 5.41) is 0.974. The smallest absolute Gasteiger partial charge is 0.270 e. The average Bonchev–Trinajstić information content (AvgIpc) is 3.47. The van der Waals surface area contributed by atoms with Crippen LogP contribution in [0.4, 0.5) is 0 Å². The van der Waals surface area contributed by atoms with E-state index in [4.69, 9.17) is 9.72 Å². The maximum Gasteiger partial charge on any atom is 0.270 e. The third-order valence-electron chi connectivity index (χ3n) is 5.71. The number of pyridine rings is 1. The first kappa shape index (κ1) is 17.7. The summed E-state index contributed by atoms with van der Waals surface area (Å²) >= 11 is 0. The Morgan fingerprint density at radius 3 is 3.03 bits per heavy atom. The summed E-state index contributed by atoms with van der Waals surface area (Å²) in [4.78, 5) is 27.6. The van der Waals surface area contributed by atoms with Crippen molar-refractivity contribution in [2.45, 2.75) is 25.8 Å². The number of nitrogens with one attached hydrogen (secondary N) is 1. The normalized spacial score (nSPS) is 16.8. The molecule has 7 nitrogen and oxygen atoms in total. The summed E-state index contributed by atoms with van der Waals surface area (Å²) in [6, 6.07) is 11.8. The van der Waals surface area contributed by atoms with E-state index in [1.165, 1.54) is 0 Å². The minimum atomic E-state index is 0.0260. The molecular weight excluding hydrogens is 366 g/mol. The summed E-state index contributed by atoms with van der Waals surface area (Å²) in [5.74, 6) is 1.83. The lowest BCUT2D eigenvalue weighted by Crippen LogP contribution is -2.29. The van der Waals surface area contributed by atoms with Gasteiger partial charge in [0.05, 0.1) is 13.2 Å². The Labute approximate surface area is 168 Å². The molecule has 0 unspecified atom stereocenters. The van der Waals surface area contributed by atoms with Crippen LogP contribution in [0.1, 0.15) is 35.7 Å². The number of carbonyl (C=O) groups is 1. The second-order valence-electron chi connectivity index (χ2n) is 7.43. The van der Waals surface area contributed by atoms with Crippen LogP contribution in [0.15, 0.2) is 42.6 Å². The number of hydrogen-bond acceptors (Lipinski definition) is 4. The van der Waals surface area contributed by atoms with E-state index in [1.54, 1.807) is 13.3 Å². The third kappa shape index (κ3) is 2.93. The number of fused-ring (bicyclic) bond motifs is 2. The molecule has 1 fully saturated rings. The van der Waals surface area contributed by atoms with E-state index < -0.39 is 0 Å². The van der Waals surface area contributed by atoms with Crippen LogP contribution in [-0.4, -0.2) is 50.5 Å². The number of aromatic nitrogens is 4. The Morgan fingerprint density at radius 2 is 2.21 bits per heavy atom. The first-order valence-electron chi connectivity index (χ1n) is 9.95. The standard InChI is InChI=1S/C22H23N5O2/c1-3-20-25-18-5-4-9-23-21(18)27(20)15-8-10-26(13-15)22(28)19-12-14-11-16(29-2)6-7-17(14)24-19/h4-7,9,11-12,15,24H,3,8,10,13H2,1-2H3/t15-/m0/s1. The number of imidazole rings is 1. The number of aryl methyl sites for hydroxylation is 1. The van der Waals surface area contributed by atoms with Gasteiger partial charge in [-0.25, -0.2) is 9.97 Å². The Bertz CT molecular complexity index is 1210. The molecule has 1 aromatic carbocycles. The quantitative estimate of drug-likeness (QED) is 0.579. The van der Waals surface area contributed by atoms with Crippen molar-refractivity contribution >= 4 is 28.0 Å². The lowest BCUT2D eigenvalue weighted by Gasteiger charge is -2.18. The SMILES string of the molecule is CCc1nc2cccnc2n1[C@H]1CCN(C(=O)c2cc3cc(OC)ccc3[nH]2)C1. The average molecular weight is 389 g/mol. The van der Waals surface area contributed by atoms with E-state index in [0.29, 0.717) is 12.2 Å². The van der Waals surface area contributed by atoms with Gasteiger partial charge in [-0.1, -0.05) is 6.92 Å². The molecule has 1 amide bonds. The number of rotatable bonds is 4. The van der Waals surface area contributed by atoms with Gasteiger partial charge in [-0.3, -0.25) is 4.79 Å². The van der Waals surface area contributed by atoms with Gasteiger partial charge in [0, 0.05) is 36.6 Å². The van der Waals surface area contributed by atoms with E-state index in [-0.39, 0.29) is 11.9 Å². The predicted octanol–water partition coefficient (Wildman–Crippen LogP) is 3.57. The zero-order valence-corrected chi connectivity index (χ0v) is 16.6. The summed E-state index contributed by atoms with van der Waals surface area (Å²) < 4.78 is 7.50. The molecular formula is C22H23N5O2. The summed E-state index contributed by atoms with van der Waals surface area (Å²) in [6.07, 6.45) is 3.54. The molecule has 4 heterocycles. The molecule has 1 atom stereocenters. The fourth-order valence-electron chi connectivity index (χ4n) is 4.27. The zero-order valence-electron chi connectivity index (χ0n) is 16.6. The van der Waals surface area contributed by atoms with E-state index in [9.17, 15) is 4.79 Å².